The zero-order valence-corrected chi connectivity index (χ0v) is 12.0. The lowest BCUT2D eigenvalue weighted by Crippen LogP contribution is -2.41. The summed E-state index contributed by atoms with van der Waals surface area (Å²) >= 11 is 0. The van der Waals surface area contributed by atoms with Gasteiger partial charge < -0.3 is 15.0 Å². The molecule has 22 heavy (non-hydrogen) atoms. The first-order valence-electron chi connectivity index (χ1n) is 7.14. The van der Waals surface area contributed by atoms with Crippen molar-refractivity contribution in [3.63, 3.8) is 0 Å². The number of rotatable bonds is 3. The Balaban J connectivity index is 1.59. The Morgan fingerprint density at radius 1 is 1.41 bits per heavy atom. The normalized spacial score (nSPS) is 14.0. The third-order valence-corrected chi connectivity index (χ3v) is 3.51. The van der Waals surface area contributed by atoms with Crippen LogP contribution in [0, 0.1) is 5.82 Å². The number of nitrogens with zero attached hydrogens (tertiary/aromatic N) is 3. The summed E-state index contributed by atoms with van der Waals surface area (Å²) < 4.78 is 21.1. The van der Waals surface area contributed by atoms with Gasteiger partial charge in [0.05, 0.1) is 19.6 Å². The fraction of sp³-hybridized carbons (Fsp3) is 0.333. The molecule has 0 saturated carbocycles. The molecule has 0 spiro atoms. The van der Waals surface area contributed by atoms with E-state index < -0.39 is 0 Å². The van der Waals surface area contributed by atoms with E-state index in [0.717, 1.165) is 0 Å². The van der Waals surface area contributed by atoms with Gasteiger partial charge in [-0.3, -0.25) is 4.68 Å². The highest BCUT2D eigenvalue weighted by atomic mass is 19.1. The van der Waals surface area contributed by atoms with Crippen molar-refractivity contribution in [1.29, 1.82) is 0 Å². The average molecular weight is 304 g/mol. The molecule has 0 bridgehead atoms. The fourth-order valence-corrected chi connectivity index (χ4v) is 2.36. The van der Waals surface area contributed by atoms with E-state index in [4.69, 9.17) is 4.74 Å². The van der Waals surface area contributed by atoms with Crippen LogP contribution >= 0.6 is 0 Å². The lowest BCUT2D eigenvalue weighted by molar-refractivity contribution is 0.187. The Morgan fingerprint density at radius 2 is 2.32 bits per heavy atom. The van der Waals surface area contributed by atoms with E-state index >= 15 is 0 Å². The number of hydrogen-bond acceptors (Lipinski definition) is 3. The first-order valence-corrected chi connectivity index (χ1v) is 7.14. The van der Waals surface area contributed by atoms with Gasteiger partial charge in [0.2, 0.25) is 0 Å². The number of urea groups is 1. The molecule has 0 atom stereocenters. The molecule has 1 N–H and O–H groups in total. The predicted molar refractivity (Wildman–Crippen MR) is 77.9 cm³/mol. The van der Waals surface area contributed by atoms with Gasteiger partial charge in [-0.25, -0.2) is 9.18 Å². The van der Waals surface area contributed by atoms with Gasteiger partial charge in [0.1, 0.15) is 18.2 Å². The van der Waals surface area contributed by atoms with Crippen molar-refractivity contribution in [2.24, 2.45) is 0 Å². The number of hydrogen-bond donors (Lipinski definition) is 1. The number of aromatic nitrogens is 2. The molecule has 0 radical (unpaired) electrons. The Hall–Kier alpha value is -2.57. The summed E-state index contributed by atoms with van der Waals surface area (Å²) in [7, 11) is 0. The van der Waals surface area contributed by atoms with Crippen LogP contribution < -0.4 is 10.1 Å². The van der Waals surface area contributed by atoms with Crippen molar-refractivity contribution in [3.05, 3.63) is 48.0 Å². The summed E-state index contributed by atoms with van der Waals surface area (Å²) in [4.78, 5) is 13.8. The maximum Gasteiger partial charge on any atom is 0.317 e. The van der Waals surface area contributed by atoms with Crippen LogP contribution in [-0.4, -0.2) is 40.4 Å². The summed E-state index contributed by atoms with van der Waals surface area (Å²) in [5, 5.41) is 6.88. The molecule has 3 rings (SSSR count). The van der Waals surface area contributed by atoms with E-state index in [2.05, 4.69) is 10.4 Å². The minimum Gasteiger partial charge on any atom is -0.491 e. The summed E-state index contributed by atoms with van der Waals surface area (Å²) in [5.41, 5.74) is 0.419. The predicted octanol–water partition coefficient (Wildman–Crippen LogP) is 1.63. The van der Waals surface area contributed by atoms with Crippen LogP contribution in [0.1, 0.15) is 5.56 Å². The van der Waals surface area contributed by atoms with Crippen LogP contribution in [-0.2, 0) is 13.1 Å². The molecular formula is C15H17FN4O2. The van der Waals surface area contributed by atoms with E-state index in [9.17, 15) is 9.18 Å². The van der Waals surface area contributed by atoms with Gasteiger partial charge in [-0.15, -0.1) is 0 Å². The van der Waals surface area contributed by atoms with Gasteiger partial charge in [-0.2, -0.15) is 5.10 Å². The number of carbonyl (C=O) groups is 1. The van der Waals surface area contributed by atoms with Crippen LogP contribution in [0.15, 0.2) is 36.7 Å². The topological polar surface area (TPSA) is 59.4 Å². The zero-order chi connectivity index (χ0) is 15.4. The van der Waals surface area contributed by atoms with Crippen molar-refractivity contribution in [2.75, 3.05) is 19.7 Å². The summed E-state index contributed by atoms with van der Waals surface area (Å²) in [6.45, 7) is 2.02. The first-order chi connectivity index (χ1) is 10.7. The number of fused-ring (bicyclic) bond motifs is 1. The highest BCUT2D eigenvalue weighted by molar-refractivity contribution is 5.74. The maximum absolute atomic E-state index is 13.9. The van der Waals surface area contributed by atoms with E-state index in [-0.39, 0.29) is 18.4 Å². The Kier molecular flexibility index (Phi) is 4.22. The smallest absolute Gasteiger partial charge is 0.317 e. The van der Waals surface area contributed by atoms with Crippen LogP contribution in [0.4, 0.5) is 9.18 Å². The Morgan fingerprint density at radius 3 is 3.14 bits per heavy atom. The molecule has 2 aromatic rings. The quantitative estimate of drug-likeness (QED) is 0.937. The molecule has 2 heterocycles. The van der Waals surface area contributed by atoms with Crippen molar-refractivity contribution >= 4 is 6.03 Å². The summed E-state index contributed by atoms with van der Waals surface area (Å²) in [6, 6.07) is 6.30. The second kappa shape index (κ2) is 6.46. The minimum atomic E-state index is -0.353. The van der Waals surface area contributed by atoms with Crippen molar-refractivity contribution in [1.82, 2.24) is 20.0 Å². The third-order valence-electron chi connectivity index (χ3n) is 3.51. The van der Waals surface area contributed by atoms with Crippen LogP contribution in [0.2, 0.25) is 0 Å². The Labute approximate surface area is 127 Å². The van der Waals surface area contributed by atoms with E-state index in [1.165, 1.54) is 6.07 Å². The lowest BCUT2D eigenvalue weighted by atomic mass is 10.2. The average Bonchev–Trinajstić information content (AvgIpc) is 2.92. The fourth-order valence-electron chi connectivity index (χ4n) is 2.36. The van der Waals surface area contributed by atoms with Crippen molar-refractivity contribution < 1.29 is 13.9 Å². The van der Waals surface area contributed by atoms with Crippen LogP contribution in [0.3, 0.4) is 0 Å². The van der Waals surface area contributed by atoms with Gasteiger partial charge in [0.25, 0.3) is 0 Å². The number of carbonyl (C=O) groups excluding carboxylic acids is 1. The standard InChI is InChI=1S/C15H17FN4O2/c16-13-3-1-4-14-12(13)11-19(9-10-22-14)15(21)17-6-8-20-7-2-5-18-20/h1-5,7H,6,8-11H2,(H,17,21). The molecule has 116 valence electrons. The molecule has 0 saturated heterocycles. The molecule has 2 amide bonds. The number of ether oxygens (including phenoxy) is 1. The largest absolute Gasteiger partial charge is 0.491 e. The molecule has 7 heteroatoms. The minimum absolute atomic E-state index is 0.204. The van der Waals surface area contributed by atoms with Gasteiger partial charge in [0.15, 0.2) is 0 Å². The first kappa shape index (κ1) is 14.4. The third kappa shape index (κ3) is 3.19. The molecule has 6 nitrogen and oxygen atoms in total. The van der Waals surface area contributed by atoms with Gasteiger partial charge >= 0.3 is 6.03 Å². The van der Waals surface area contributed by atoms with E-state index in [0.29, 0.717) is 37.6 Å². The molecule has 1 aromatic heterocycles. The van der Waals surface area contributed by atoms with Gasteiger partial charge in [-0.1, -0.05) is 6.07 Å². The second-order valence-electron chi connectivity index (χ2n) is 4.99. The zero-order valence-electron chi connectivity index (χ0n) is 12.0. The van der Waals surface area contributed by atoms with Gasteiger partial charge in [0, 0.05) is 24.5 Å². The van der Waals surface area contributed by atoms with E-state index in [1.807, 2.05) is 12.3 Å². The highest BCUT2D eigenvalue weighted by Crippen LogP contribution is 2.25. The molecule has 1 aromatic carbocycles. The molecule has 0 aliphatic carbocycles. The lowest BCUT2D eigenvalue weighted by Gasteiger charge is -2.20. The number of halogens is 1. The highest BCUT2D eigenvalue weighted by Gasteiger charge is 2.21. The molecule has 1 aliphatic heterocycles. The molecule has 1 aliphatic rings. The van der Waals surface area contributed by atoms with E-state index in [1.54, 1.807) is 27.9 Å². The van der Waals surface area contributed by atoms with Crippen LogP contribution in [0.25, 0.3) is 0 Å². The molecule has 0 unspecified atom stereocenters. The summed E-state index contributed by atoms with van der Waals surface area (Å²) in [5.74, 6) is 0.153. The van der Waals surface area contributed by atoms with Gasteiger partial charge in [-0.05, 0) is 18.2 Å². The number of nitrogens with one attached hydrogen (secondary N) is 1. The second-order valence-corrected chi connectivity index (χ2v) is 4.99. The molecular weight excluding hydrogens is 287 g/mol. The van der Waals surface area contributed by atoms with Crippen molar-refractivity contribution in [3.8, 4) is 5.75 Å². The SMILES string of the molecule is O=C(NCCn1cccn1)N1CCOc2cccc(F)c2C1. The Bertz CT molecular complexity index is 645. The monoisotopic (exact) mass is 304 g/mol. The number of benzene rings is 1. The van der Waals surface area contributed by atoms with Crippen LogP contribution in [0.5, 0.6) is 5.75 Å². The molecule has 0 fully saturated rings. The van der Waals surface area contributed by atoms with Crippen molar-refractivity contribution in [2.45, 2.75) is 13.1 Å². The number of amides is 2. The maximum atomic E-state index is 13.9. The summed E-state index contributed by atoms with van der Waals surface area (Å²) in [6.07, 6.45) is 3.52.